The molecule has 0 amide bonds. The van der Waals surface area contributed by atoms with Crippen molar-refractivity contribution in [1.82, 2.24) is 9.97 Å². The Balaban J connectivity index is 1.75. The maximum atomic E-state index is 13.5. The Kier molecular flexibility index (Phi) is 6.78. The van der Waals surface area contributed by atoms with Crippen LogP contribution in [0.3, 0.4) is 0 Å². The summed E-state index contributed by atoms with van der Waals surface area (Å²) in [4.78, 5) is 13.8. The maximum absolute atomic E-state index is 13.5. The highest BCUT2D eigenvalue weighted by Gasteiger charge is 2.17. The number of hydrogen-bond acceptors (Lipinski definition) is 5. The number of hydrogen-bond donors (Lipinski definition) is 1. The van der Waals surface area contributed by atoms with E-state index in [1.807, 2.05) is 13.8 Å². The van der Waals surface area contributed by atoms with Crippen LogP contribution < -0.4 is 5.32 Å². The number of anilines is 1. The predicted octanol–water partition coefficient (Wildman–Crippen LogP) is 6.30. The number of allylic oxidation sites excluding steroid dienone is 2. The van der Waals surface area contributed by atoms with E-state index < -0.39 is 0 Å². The number of rotatable bonds is 6. The average molecular weight is 433 g/mol. The SMILES string of the molecule is CCCc1cc(-c2ccc(F)cc2)cc2c(NC(C)C3=N/C(C)=C/CCCO3)ncnc12. The molecule has 0 bridgehead atoms. The van der Waals surface area contributed by atoms with Crippen LogP contribution >= 0.6 is 0 Å². The van der Waals surface area contributed by atoms with Gasteiger partial charge in [0, 0.05) is 11.1 Å². The van der Waals surface area contributed by atoms with Gasteiger partial charge in [0.1, 0.15) is 24.0 Å². The molecule has 5 nitrogen and oxygen atoms in total. The van der Waals surface area contributed by atoms with Crippen LogP contribution in [0.5, 0.6) is 0 Å². The average Bonchev–Trinajstić information content (AvgIpc) is 2.77. The van der Waals surface area contributed by atoms with E-state index in [9.17, 15) is 4.39 Å². The highest BCUT2D eigenvalue weighted by atomic mass is 19.1. The quantitative estimate of drug-likeness (QED) is 0.496. The summed E-state index contributed by atoms with van der Waals surface area (Å²) in [6.45, 7) is 6.82. The molecule has 0 saturated heterocycles. The van der Waals surface area contributed by atoms with Crippen LogP contribution in [0.15, 0.2) is 59.5 Å². The molecule has 6 heteroatoms. The first kappa shape index (κ1) is 21.9. The second kappa shape index (κ2) is 9.90. The highest BCUT2D eigenvalue weighted by Crippen LogP contribution is 2.31. The van der Waals surface area contributed by atoms with Crippen molar-refractivity contribution in [1.29, 1.82) is 0 Å². The van der Waals surface area contributed by atoms with Crippen molar-refractivity contribution in [2.24, 2.45) is 4.99 Å². The third-order valence-electron chi connectivity index (χ3n) is 5.56. The lowest BCUT2D eigenvalue weighted by molar-refractivity contribution is 0.286. The molecule has 0 saturated carbocycles. The summed E-state index contributed by atoms with van der Waals surface area (Å²) in [5, 5.41) is 4.42. The first-order valence-corrected chi connectivity index (χ1v) is 11.2. The van der Waals surface area contributed by atoms with Gasteiger partial charge in [0.15, 0.2) is 0 Å². The van der Waals surface area contributed by atoms with Crippen LogP contribution in [0.25, 0.3) is 22.0 Å². The monoisotopic (exact) mass is 432 g/mol. The topological polar surface area (TPSA) is 59.4 Å². The van der Waals surface area contributed by atoms with E-state index in [1.54, 1.807) is 18.5 Å². The van der Waals surface area contributed by atoms with E-state index in [4.69, 9.17) is 4.74 Å². The molecule has 3 aromatic rings. The van der Waals surface area contributed by atoms with Crippen LogP contribution in [-0.2, 0) is 11.2 Å². The van der Waals surface area contributed by atoms with E-state index in [0.29, 0.717) is 12.5 Å². The van der Waals surface area contributed by atoms with Gasteiger partial charge in [-0.15, -0.1) is 0 Å². The Hall–Kier alpha value is -3.28. The summed E-state index contributed by atoms with van der Waals surface area (Å²) >= 11 is 0. The number of halogens is 1. The van der Waals surface area contributed by atoms with Crippen molar-refractivity contribution in [3.05, 3.63) is 65.9 Å². The first-order chi connectivity index (χ1) is 15.5. The van der Waals surface area contributed by atoms with Crippen LogP contribution in [0.4, 0.5) is 10.2 Å². The normalized spacial score (nSPS) is 16.9. The van der Waals surface area contributed by atoms with Crippen molar-refractivity contribution >= 4 is 22.6 Å². The Bertz CT molecular complexity index is 1150. The van der Waals surface area contributed by atoms with E-state index in [1.165, 1.54) is 12.1 Å². The smallest absolute Gasteiger partial charge is 0.211 e. The van der Waals surface area contributed by atoms with Crippen molar-refractivity contribution in [3.63, 3.8) is 0 Å². The summed E-state index contributed by atoms with van der Waals surface area (Å²) in [5.41, 5.74) is 5.02. The lowest BCUT2D eigenvalue weighted by Gasteiger charge is -2.20. The van der Waals surface area contributed by atoms with Gasteiger partial charge in [-0.05, 0) is 74.1 Å². The molecule has 166 valence electrons. The fraction of sp³-hybridized carbons (Fsp3) is 0.346. The molecule has 1 atom stereocenters. The number of benzene rings is 2. The zero-order valence-corrected chi connectivity index (χ0v) is 18.9. The Morgan fingerprint density at radius 2 is 1.94 bits per heavy atom. The zero-order chi connectivity index (χ0) is 22.5. The van der Waals surface area contributed by atoms with Gasteiger partial charge >= 0.3 is 0 Å². The molecule has 0 radical (unpaired) electrons. The van der Waals surface area contributed by atoms with Gasteiger partial charge in [0.05, 0.1) is 12.1 Å². The second-order valence-electron chi connectivity index (χ2n) is 8.16. The predicted molar refractivity (Wildman–Crippen MR) is 128 cm³/mol. The van der Waals surface area contributed by atoms with Crippen molar-refractivity contribution in [2.75, 3.05) is 11.9 Å². The van der Waals surface area contributed by atoms with E-state index in [2.05, 4.69) is 45.4 Å². The van der Waals surface area contributed by atoms with E-state index >= 15 is 0 Å². The standard InChI is InChI=1S/C26H29FN4O/c1-4-7-20-14-21(19-9-11-22(27)12-10-19)15-23-24(20)28-16-29-25(23)31-18(3)26-30-17(2)8-5-6-13-32-26/h8-12,14-16,18H,4-7,13H2,1-3H3,(H,28,29,31)/b17-8+,30-26?. The summed E-state index contributed by atoms with van der Waals surface area (Å²) in [7, 11) is 0. The molecule has 0 aliphatic carbocycles. The Labute approximate surface area is 188 Å². The Morgan fingerprint density at radius 1 is 1.12 bits per heavy atom. The van der Waals surface area contributed by atoms with E-state index in [0.717, 1.165) is 64.8 Å². The largest absolute Gasteiger partial charge is 0.479 e. The third-order valence-corrected chi connectivity index (χ3v) is 5.56. The van der Waals surface area contributed by atoms with Crippen LogP contribution in [0.2, 0.25) is 0 Å². The summed E-state index contributed by atoms with van der Waals surface area (Å²) < 4.78 is 19.4. The van der Waals surface area contributed by atoms with Gasteiger partial charge < -0.3 is 10.1 Å². The Morgan fingerprint density at radius 3 is 2.72 bits per heavy atom. The minimum Gasteiger partial charge on any atom is -0.479 e. The minimum absolute atomic E-state index is 0.154. The molecule has 2 aromatic carbocycles. The number of fused-ring (bicyclic) bond motifs is 1. The lowest BCUT2D eigenvalue weighted by Crippen LogP contribution is -2.30. The molecule has 1 aliphatic heterocycles. The third kappa shape index (κ3) is 4.96. The molecule has 2 heterocycles. The second-order valence-corrected chi connectivity index (χ2v) is 8.16. The summed E-state index contributed by atoms with van der Waals surface area (Å²) in [6.07, 6.45) is 7.59. The lowest BCUT2D eigenvalue weighted by atomic mass is 9.97. The summed E-state index contributed by atoms with van der Waals surface area (Å²) in [5.74, 6) is 1.15. The fourth-order valence-corrected chi connectivity index (χ4v) is 3.94. The van der Waals surface area contributed by atoms with Crippen LogP contribution in [0, 0.1) is 5.82 Å². The number of nitrogens with zero attached hydrogens (tertiary/aromatic N) is 3. The molecular weight excluding hydrogens is 403 g/mol. The van der Waals surface area contributed by atoms with Gasteiger partial charge in [0.2, 0.25) is 5.90 Å². The van der Waals surface area contributed by atoms with Gasteiger partial charge in [0.25, 0.3) is 0 Å². The van der Waals surface area contributed by atoms with Gasteiger partial charge in [-0.3, -0.25) is 0 Å². The minimum atomic E-state index is -0.243. The van der Waals surface area contributed by atoms with Crippen molar-refractivity contribution in [2.45, 2.75) is 52.5 Å². The maximum Gasteiger partial charge on any atom is 0.211 e. The molecule has 1 unspecified atom stereocenters. The molecule has 4 rings (SSSR count). The number of nitrogens with one attached hydrogen (secondary N) is 1. The molecule has 0 spiro atoms. The number of aromatic nitrogens is 2. The van der Waals surface area contributed by atoms with E-state index in [-0.39, 0.29) is 11.9 Å². The molecule has 0 fully saturated rings. The van der Waals surface area contributed by atoms with Crippen molar-refractivity contribution < 1.29 is 9.13 Å². The number of ether oxygens (including phenoxy) is 1. The molecular formula is C26H29FN4O. The van der Waals surface area contributed by atoms with Crippen LogP contribution in [-0.4, -0.2) is 28.5 Å². The van der Waals surface area contributed by atoms with Gasteiger partial charge in [-0.1, -0.05) is 31.6 Å². The number of aliphatic imine (C=N–C) groups is 1. The zero-order valence-electron chi connectivity index (χ0n) is 18.9. The van der Waals surface area contributed by atoms with Gasteiger partial charge in [-0.2, -0.15) is 0 Å². The molecule has 1 aromatic heterocycles. The van der Waals surface area contributed by atoms with Crippen molar-refractivity contribution in [3.8, 4) is 11.1 Å². The molecule has 32 heavy (non-hydrogen) atoms. The number of aryl methyl sites for hydroxylation is 1. The van der Waals surface area contributed by atoms with Crippen LogP contribution in [0.1, 0.15) is 45.6 Å². The first-order valence-electron chi connectivity index (χ1n) is 11.2. The molecule has 1 N–H and O–H groups in total. The van der Waals surface area contributed by atoms with Gasteiger partial charge in [-0.25, -0.2) is 19.4 Å². The molecule has 1 aliphatic rings. The highest BCUT2D eigenvalue weighted by molar-refractivity contribution is 5.96. The summed E-state index contributed by atoms with van der Waals surface area (Å²) in [6, 6.07) is 10.6. The fourth-order valence-electron chi connectivity index (χ4n) is 3.94.